The van der Waals surface area contributed by atoms with E-state index in [2.05, 4.69) is 5.32 Å². The van der Waals surface area contributed by atoms with Crippen LogP contribution in [0.2, 0.25) is 0 Å². The SMILES string of the molecule is CC(NC(=O)c1ccc(N)cc1F)C1CCCO1. The lowest BCUT2D eigenvalue weighted by Crippen LogP contribution is -2.41. The van der Waals surface area contributed by atoms with Crippen molar-refractivity contribution in [1.82, 2.24) is 5.32 Å². The Morgan fingerprint density at radius 3 is 3.00 bits per heavy atom. The Morgan fingerprint density at radius 2 is 2.39 bits per heavy atom. The molecule has 1 aromatic rings. The number of nitrogens with two attached hydrogens (primary N) is 1. The Hall–Kier alpha value is -1.62. The molecule has 4 nitrogen and oxygen atoms in total. The van der Waals surface area contributed by atoms with Gasteiger partial charge < -0.3 is 15.8 Å². The van der Waals surface area contributed by atoms with Crippen LogP contribution in [0.3, 0.4) is 0 Å². The number of halogens is 1. The van der Waals surface area contributed by atoms with E-state index < -0.39 is 11.7 Å². The van der Waals surface area contributed by atoms with E-state index in [9.17, 15) is 9.18 Å². The Labute approximate surface area is 105 Å². The molecule has 0 aromatic heterocycles. The van der Waals surface area contributed by atoms with Crippen molar-refractivity contribution in [3.63, 3.8) is 0 Å². The number of nitrogen functional groups attached to an aromatic ring is 1. The fourth-order valence-electron chi connectivity index (χ4n) is 2.09. The summed E-state index contributed by atoms with van der Waals surface area (Å²) in [4.78, 5) is 11.9. The van der Waals surface area contributed by atoms with Gasteiger partial charge in [0.25, 0.3) is 5.91 Å². The molecule has 3 N–H and O–H groups in total. The Morgan fingerprint density at radius 1 is 1.61 bits per heavy atom. The monoisotopic (exact) mass is 252 g/mol. The summed E-state index contributed by atoms with van der Waals surface area (Å²) in [5.41, 5.74) is 5.75. The molecule has 2 rings (SSSR count). The molecular weight excluding hydrogens is 235 g/mol. The fraction of sp³-hybridized carbons (Fsp3) is 0.462. The van der Waals surface area contributed by atoms with Crippen molar-refractivity contribution in [3.05, 3.63) is 29.6 Å². The van der Waals surface area contributed by atoms with Crippen molar-refractivity contribution in [2.45, 2.75) is 31.9 Å². The first-order valence-corrected chi connectivity index (χ1v) is 6.05. The van der Waals surface area contributed by atoms with Gasteiger partial charge in [0.2, 0.25) is 0 Å². The highest BCUT2D eigenvalue weighted by Gasteiger charge is 2.24. The molecule has 2 atom stereocenters. The molecule has 1 fully saturated rings. The molecule has 0 aliphatic carbocycles. The van der Waals surface area contributed by atoms with Gasteiger partial charge in [0, 0.05) is 12.3 Å². The highest BCUT2D eigenvalue weighted by atomic mass is 19.1. The van der Waals surface area contributed by atoms with E-state index in [0.29, 0.717) is 5.69 Å². The minimum Gasteiger partial charge on any atom is -0.399 e. The number of rotatable bonds is 3. The maximum absolute atomic E-state index is 13.6. The zero-order chi connectivity index (χ0) is 13.1. The van der Waals surface area contributed by atoms with Gasteiger partial charge in [0.05, 0.1) is 17.7 Å². The number of hydrogen-bond donors (Lipinski definition) is 2. The van der Waals surface area contributed by atoms with Gasteiger partial charge >= 0.3 is 0 Å². The second-order valence-electron chi connectivity index (χ2n) is 4.55. The van der Waals surface area contributed by atoms with Gasteiger partial charge in [-0.2, -0.15) is 0 Å². The maximum Gasteiger partial charge on any atom is 0.254 e. The summed E-state index contributed by atoms with van der Waals surface area (Å²) in [6, 6.07) is 3.92. The highest BCUT2D eigenvalue weighted by molar-refractivity contribution is 5.95. The van der Waals surface area contributed by atoms with Crippen LogP contribution in [-0.4, -0.2) is 24.7 Å². The van der Waals surface area contributed by atoms with E-state index in [-0.39, 0.29) is 17.7 Å². The lowest BCUT2D eigenvalue weighted by molar-refractivity contribution is 0.0710. The average Bonchev–Trinajstić information content (AvgIpc) is 2.81. The normalized spacial score (nSPS) is 20.7. The van der Waals surface area contributed by atoms with Gasteiger partial charge in [0.15, 0.2) is 0 Å². The van der Waals surface area contributed by atoms with Crippen LogP contribution in [0.4, 0.5) is 10.1 Å². The molecule has 98 valence electrons. The number of carbonyl (C=O) groups is 1. The number of ether oxygens (including phenoxy) is 1. The number of carbonyl (C=O) groups excluding carboxylic acids is 1. The van der Waals surface area contributed by atoms with Crippen LogP contribution in [-0.2, 0) is 4.74 Å². The molecule has 0 saturated carbocycles. The second kappa shape index (κ2) is 5.35. The van der Waals surface area contributed by atoms with E-state index in [0.717, 1.165) is 25.5 Å². The second-order valence-corrected chi connectivity index (χ2v) is 4.55. The Balaban J connectivity index is 2.02. The summed E-state index contributed by atoms with van der Waals surface area (Å²) in [5.74, 6) is -1.04. The van der Waals surface area contributed by atoms with Crippen LogP contribution in [0, 0.1) is 5.82 Å². The van der Waals surface area contributed by atoms with Crippen LogP contribution < -0.4 is 11.1 Å². The molecule has 0 radical (unpaired) electrons. The summed E-state index contributed by atoms with van der Waals surface area (Å²) in [6.45, 7) is 2.59. The van der Waals surface area contributed by atoms with Gasteiger partial charge in [-0.25, -0.2) is 4.39 Å². The molecule has 1 aliphatic heterocycles. The van der Waals surface area contributed by atoms with E-state index in [1.54, 1.807) is 0 Å². The van der Waals surface area contributed by atoms with Crippen molar-refractivity contribution < 1.29 is 13.9 Å². The summed E-state index contributed by atoms with van der Waals surface area (Å²) >= 11 is 0. The highest BCUT2D eigenvalue weighted by Crippen LogP contribution is 2.17. The largest absolute Gasteiger partial charge is 0.399 e. The van der Waals surface area contributed by atoms with Crippen molar-refractivity contribution in [2.75, 3.05) is 12.3 Å². The van der Waals surface area contributed by atoms with Crippen LogP contribution in [0.5, 0.6) is 0 Å². The molecule has 0 bridgehead atoms. The van der Waals surface area contributed by atoms with Crippen LogP contribution in [0.25, 0.3) is 0 Å². The van der Waals surface area contributed by atoms with E-state index >= 15 is 0 Å². The zero-order valence-electron chi connectivity index (χ0n) is 10.3. The quantitative estimate of drug-likeness (QED) is 0.805. The molecule has 1 saturated heterocycles. The first-order valence-electron chi connectivity index (χ1n) is 6.05. The standard InChI is InChI=1S/C13H17FN2O2/c1-8(12-3-2-6-18-12)16-13(17)10-5-4-9(15)7-11(10)14/h4-5,7-8,12H,2-3,6,15H2,1H3,(H,16,17). The van der Waals surface area contributed by atoms with Gasteiger partial charge in [-0.15, -0.1) is 0 Å². The predicted octanol–water partition coefficient (Wildman–Crippen LogP) is 1.71. The lowest BCUT2D eigenvalue weighted by atomic mass is 10.1. The third kappa shape index (κ3) is 2.79. The maximum atomic E-state index is 13.6. The Kier molecular flexibility index (Phi) is 3.81. The van der Waals surface area contributed by atoms with Gasteiger partial charge in [-0.05, 0) is 38.0 Å². The Bertz CT molecular complexity index is 445. The number of benzene rings is 1. The molecule has 0 spiro atoms. The lowest BCUT2D eigenvalue weighted by Gasteiger charge is -2.20. The van der Waals surface area contributed by atoms with E-state index in [4.69, 9.17) is 10.5 Å². The summed E-state index contributed by atoms with van der Waals surface area (Å²) in [7, 11) is 0. The number of amides is 1. The molecule has 18 heavy (non-hydrogen) atoms. The average molecular weight is 252 g/mol. The van der Waals surface area contributed by atoms with Crippen LogP contribution >= 0.6 is 0 Å². The van der Waals surface area contributed by atoms with Crippen molar-refractivity contribution in [3.8, 4) is 0 Å². The van der Waals surface area contributed by atoms with Crippen molar-refractivity contribution in [1.29, 1.82) is 0 Å². The van der Waals surface area contributed by atoms with Crippen molar-refractivity contribution >= 4 is 11.6 Å². The number of nitrogens with one attached hydrogen (secondary N) is 1. The fourth-order valence-corrected chi connectivity index (χ4v) is 2.09. The molecule has 2 unspecified atom stereocenters. The van der Waals surface area contributed by atoms with Gasteiger partial charge in [-0.3, -0.25) is 4.79 Å². The minimum atomic E-state index is -0.605. The van der Waals surface area contributed by atoms with E-state index in [1.165, 1.54) is 12.1 Å². The van der Waals surface area contributed by atoms with Crippen LogP contribution in [0.1, 0.15) is 30.1 Å². The summed E-state index contributed by atoms with van der Waals surface area (Å²) in [5, 5.41) is 2.75. The topological polar surface area (TPSA) is 64.4 Å². The zero-order valence-corrected chi connectivity index (χ0v) is 10.3. The third-order valence-corrected chi connectivity index (χ3v) is 3.12. The predicted molar refractivity (Wildman–Crippen MR) is 66.7 cm³/mol. The van der Waals surface area contributed by atoms with E-state index in [1.807, 2.05) is 6.92 Å². The minimum absolute atomic E-state index is 0.00838. The van der Waals surface area contributed by atoms with Crippen molar-refractivity contribution in [2.24, 2.45) is 0 Å². The first-order chi connectivity index (χ1) is 8.58. The number of hydrogen-bond acceptors (Lipinski definition) is 3. The molecular formula is C13H17FN2O2. The van der Waals surface area contributed by atoms with Gasteiger partial charge in [-0.1, -0.05) is 0 Å². The smallest absolute Gasteiger partial charge is 0.254 e. The molecule has 1 amide bonds. The van der Waals surface area contributed by atoms with Crippen LogP contribution in [0.15, 0.2) is 18.2 Å². The third-order valence-electron chi connectivity index (χ3n) is 3.12. The molecule has 1 aromatic carbocycles. The first kappa shape index (κ1) is 12.8. The molecule has 5 heteroatoms. The number of anilines is 1. The van der Waals surface area contributed by atoms with Gasteiger partial charge in [0.1, 0.15) is 5.82 Å². The summed E-state index contributed by atoms with van der Waals surface area (Å²) < 4.78 is 19.0. The molecule has 1 heterocycles. The summed E-state index contributed by atoms with van der Waals surface area (Å²) in [6.07, 6.45) is 1.94. The molecule has 1 aliphatic rings.